The zero-order valence-corrected chi connectivity index (χ0v) is 11.8. The minimum Gasteiger partial charge on any atom is -0.311 e. The number of benzene rings is 1. The van der Waals surface area contributed by atoms with E-state index in [0.717, 1.165) is 25.9 Å². The number of halogens is 2. The van der Waals surface area contributed by atoms with Crippen LogP contribution in [0.25, 0.3) is 0 Å². The van der Waals surface area contributed by atoms with Crippen molar-refractivity contribution in [2.24, 2.45) is 0 Å². The highest BCUT2D eigenvalue weighted by molar-refractivity contribution is 5.26. The molecule has 1 heterocycles. The molecule has 2 rings (SSSR count). The summed E-state index contributed by atoms with van der Waals surface area (Å²) in [7, 11) is 1.76. The SMILES string of the molecule is CNC(c1c(F)cccc1F)C(C)(C)N1CCCC1. The van der Waals surface area contributed by atoms with Crippen molar-refractivity contribution in [2.45, 2.75) is 38.3 Å². The van der Waals surface area contributed by atoms with Crippen molar-refractivity contribution in [1.82, 2.24) is 10.2 Å². The average Bonchev–Trinajstić information content (AvgIpc) is 2.88. The Morgan fingerprint density at radius 2 is 1.68 bits per heavy atom. The third kappa shape index (κ3) is 2.65. The van der Waals surface area contributed by atoms with Crippen LogP contribution in [0.5, 0.6) is 0 Å². The van der Waals surface area contributed by atoms with Crippen LogP contribution in [0.15, 0.2) is 18.2 Å². The van der Waals surface area contributed by atoms with Gasteiger partial charge in [0.05, 0.1) is 6.04 Å². The average molecular weight is 268 g/mol. The van der Waals surface area contributed by atoms with Gasteiger partial charge >= 0.3 is 0 Å². The van der Waals surface area contributed by atoms with E-state index < -0.39 is 11.6 Å². The van der Waals surface area contributed by atoms with Gasteiger partial charge in [0, 0.05) is 11.1 Å². The molecule has 1 fully saturated rings. The van der Waals surface area contributed by atoms with Crippen LogP contribution in [-0.2, 0) is 0 Å². The quantitative estimate of drug-likeness (QED) is 0.902. The van der Waals surface area contributed by atoms with Gasteiger partial charge in [0.2, 0.25) is 0 Å². The van der Waals surface area contributed by atoms with Crippen molar-refractivity contribution in [3.63, 3.8) is 0 Å². The molecule has 1 atom stereocenters. The summed E-state index contributed by atoms with van der Waals surface area (Å²) in [5, 5.41) is 3.10. The normalized spacial score (nSPS) is 18.8. The van der Waals surface area contributed by atoms with Crippen LogP contribution in [-0.4, -0.2) is 30.6 Å². The minimum atomic E-state index is -0.480. The van der Waals surface area contributed by atoms with Gasteiger partial charge < -0.3 is 5.32 Å². The first-order valence-corrected chi connectivity index (χ1v) is 6.84. The molecular weight excluding hydrogens is 246 g/mol. The van der Waals surface area contributed by atoms with Gasteiger partial charge in [-0.1, -0.05) is 6.07 Å². The van der Waals surface area contributed by atoms with Crippen LogP contribution in [0.3, 0.4) is 0 Å². The smallest absolute Gasteiger partial charge is 0.130 e. The summed E-state index contributed by atoms with van der Waals surface area (Å²) in [6.45, 7) is 6.07. The molecule has 1 saturated heterocycles. The number of nitrogens with one attached hydrogen (secondary N) is 1. The van der Waals surface area contributed by atoms with E-state index in [1.165, 1.54) is 18.2 Å². The zero-order chi connectivity index (χ0) is 14.0. The lowest BCUT2D eigenvalue weighted by Crippen LogP contribution is -2.51. The van der Waals surface area contributed by atoms with Crippen molar-refractivity contribution >= 4 is 0 Å². The second kappa shape index (κ2) is 5.55. The lowest BCUT2D eigenvalue weighted by molar-refractivity contribution is 0.107. The Morgan fingerprint density at radius 1 is 1.16 bits per heavy atom. The summed E-state index contributed by atoms with van der Waals surface area (Å²) < 4.78 is 28.0. The van der Waals surface area contributed by atoms with Crippen LogP contribution < -0.4 is 5.32 Å². The van der Waals surface area contributed by atoms with E-state index >= 15 is 0 Å². The van der Waals surface area contributed by atoms with Gasteiger partial charge in [-0.25, -0.2) is 8.78 Å². The van der Waals surface area contributed by atoms with Crippen molar-refractivity contribution in [3.8, 4) is 0 Å². The van der Waals surface area contributed by atoms with Crippen LogP contribution in [0.1, 0.15) is 38.3 Å². The molecular formula is C15H22F2N2. The lowest BCUT2D eigenvalue weighted by atomic mass is 9.86. The molecule has 0 bridgehead atoms. The summed E-state index contributed by atoms with van der Waals surface area (Å²) in [5.74, 6) is -0.960. The Bertz CT molecular complexity index is 420. The topological polar surface area (TPSA) is 15.3 Å². The molecule has 1 aromatic carbocycles. The second-order valence-corrected chi connectivity index (χ2v) is 5.70. The summed E-state index contributed by atoms with van der Waals surface area (Å²) in [4.78, 5) is 2.31. The largest absolute Gasteiger partial charge is 0.311 e. The second-order valence-electron chi connectivity index (χ2n) is 5.70. The fourth-order valence-electron chi connectivity index (χ4n) is 3.11. The Hall–Kier alpha value is -1.00. The van der Waals surface area contributed by atoms with Gasteiger partial charge in [0.15, 0.2) is 0 Å². The summed E-state index contributed by atoms with van der Waals surface area (Å²) in [6, 6.07) is 3.68. The number of hydrogen-bond acceptors (Lipinski definition) is 2. The molecule has 1 aliphatic rings. The molecule has 1 N–H and O–H groups in total. The van der Waals surface area contributed by atoms with Crippen molar-refractivity contribution in [1.29, 1.82) is 0 Å². The predicted octanol–water partition coefficient (Wildman–Crippen LogP) is 3.10. The van der Waals surface area contributed by atoms with E-state index in [9.17, 15) is 8.78 Å². The molecule has 0 aliphatic carbocycles. The maximum atomic E-state index is 14.0. The summed E-state index contributed by atoms with van der Waals surface area (Å²) in [6.07, 6.45) is 2.30. The van der Waals surface area contributed by atoms with Gasteiger partial charge in [0.25, 0.3) is 0 Å². The highest BCUT2D eigenvalue weighted by Crippen LogP contribution is 2.35. The molecule has 4 heteroatoms. The molecule has 0 amide bonds. The van der Waals surface area contributed by atoms with Crippen LogP contribution in [0.4, 0.5) is 8.78 Å². The molecule has 1 aliphatic heterocycles. The molecule has 1 unspecified atom stereocenters. The molecule has 0 spiro atoms. The Labute approximate surface area is 113 Å². The standard InChI is InChI=1S/C15H22F2N2/c1-15(2,19-9-4-5-10-19)14(18-3)13-11(16)7-6-8-12(13)17/h6-8,14,18H,4-5,9-10H2,1-3H3. The first-order valence-electron chi connectivity index (χ1n) is 6.84. The van der Waals surface area contributed by atoms with Crippen LogP contribution in [0, 0.1) is 11.6 Å². The first-order chi connectivity index (χ1) is 8.98. The molecule has 1 aromatic rings. The van der Waals surface area contributed by atoms with Gasteiger partial charge in [-0.3, -0.25) is 4.90 Å². The number of nitrogens with zero attached hydrogens (tertiary/aromatic N) is 1. The molecule has 0 aromatic heterocycles. The molecule has 2 nitrogen and oxygen atoms in total. The fraction of sp³-hybridized carbons (Fsp3) is 0.600. The maximum Gasteiger partial charge on any atom is 0.130 e. The Morgan fingerprint density at radius 3 is 2.16 bits per heavy atom. The third-order valence-corrected chi connectivity index (χ3v) is 4.20. The van der Waals surface area contributed by atoms with Crippen LogP contribution >= 0.6 is 0 Å². The molecule has 19 heavy (non-hydrogen) atoms. The Kier molecular flexibility index (Phi) is 4.21. The lowest BCUT2D eigenvalue weighted by Gasteiger charge is -2.42. The third-order valence-electron chi connectivity index (χ3n) is 4.20. The summed E-state index contributed by atoms with van der Waals surface area (Å²) >= 11 is 0. The van der Waals surface area contributed by atoms with E-state index in [-0.39, 0.29) is 17.1 Å². The number of rotatable bonds is 4. The van der Waals surface area contributed by atoms with Crippen LogP contribution in [0.2, 0.25) is 0 Å². The molecule has 0 radical (unpaired) electrons. The van der Waals surface area contributed by atoms with E-state index in [1.54, 1.807) is 7.05 Å². The minimum absolute atomic E-state index is 0.141. The highest BCUT2D eigenvalue weighted by Gasteiger charge is 2.39. The van der Waals surface area contributed by atoms with E-state index in [0.29, 0.717) is 0 Å². The van der Waals surface area contributed by atoms with E-state index in [2.05, 4.69) is 10.2 Å². The van der Waals surface area contributed by atoms with Gasteiger partial charge in [0.1, 0.15) is 11.6 Å². The van der Waals surface area contributed by atoms with E-state index in [4.69, 9.17) is 0 Å². The van der Waals surface area contributed by atoms with Crippen molar-refractivity contribution in [3.05, 3.63) is 35.4 Å². The summed E-state index contributed by atoms with van der Waals surface area (Å²) in [5.41, 5.74) is -0.184. The van der Waals surface area contributed by atoms with Gasteiger partial charge in [-0.2, -0.15) is 0 Å². The zero-order valence-electron chi connectivity index (χ0n) is 11.8. The number of likely N-dealkylation sites (tertiary alicyclic amines) is 1. The maximum absolute atomic E-state index is 14.0. The highest BCUT2D eigenvalue weighted by atomic mass is 19.1. The first kappa shape index (κ1) is 14.4. The molecule has 0 saturated carbocycles. The van der Waals surface area contributed by atoms with Gasteiger partial charge in [-0.05, 0) is 59.0 Å². The Balaban J connectivity index is 2.38. The van der Waals surface area contributed by atoms with Crippen molar-refractivity contribution in [2.75, 3.05) is 20.1 Å². The molecule has 106 valence electrons. The monoisotopic (exact) mass is 268 g/mol. The number of likely N-dealkylation sites (N-methyl/N-ethyl adjacent to an activating group) is 1. The predicted molar refractivity (Wildman–Crippen MR) is 73.0 cm³/mol. The van der Waals surface area contributed by atoms with E-state index in [1.807, 2.05) is 13.8 Å². The van der Waals surface area contributed by atoms with Crippen molar-refractivity contribution < 1.29 is 8.78 Å². The van der Waals surface area contributed by atoms with Gasteiger partial charge in [-0.15, -0.1) is 0 Å². The fourth-order valence-corrected chi connectivity index (χ4v) is 3.11. The number of hydrogen-bond donors (Lipinski definition) is 1.